The second-order valence-electron chi connectivity index (χ2n) is 15.2. The third-order valence-electron chi connectivity index (χ3n) is 12.0. The molecule has 2 aromatic heterocycles. The van der Waals surface area contributed by atoms with E-state index in [0.29, 0.717) is 0 Å². The van der Waals surface area contributed by atoms with Gasteiger partial charge >= 0.3 is 0 Å². The van der Waals surface area contributed by atoms with Crippen molar-refractivity contribution in [2.24, 2.45) is 0 Å². The van der Waals surface area contributed by atoms with Crippen molar-refractivity contribution in [1.29, 1.82) is 0 Å². The fourth-order valence-corrected chi connectivity index (χ4v) is 9.37. The maximum absolute atomic E-state index is 6.85. The monoisotopic (exact) mass is 752 g/mol. The van der Waals surface area contributed by atoms with Gasteiger partial charge in [0.15, 0.2) is 0 Å². The zero-order valence-electron chi connectivity index (χ0n) is 32.1. The molecule has 3 heteroatoms. The van der Waals surface area contributed by atoms with E-state index in [1.54, 1.807) is 0 Å². The van der Waals surface area contributed by atoms with E-state index >= 15 is 0 Å². The Morgan fingerprint density at radius 2 is 0.949 bits per heavy atom. The summed E-state index contributed by atoms with van der Waals surface area (Å²) in [5.74, 6) is 0. The van der Waals surface area contributed by atoms with Gasteiger partial charge in [-0.25, -0.2) is 0 Å². The van der Waals surface area contributed by atoms with Gasteiger partial charge in [0.1, 0.15) is 11.2 Å². The van der Waals surface area contributed by atoms with Crippen LogP contribution in [0.4, 0.5) is 17.1 Å². The zero-order chi connectivity index (χ0) is 38.9. The summed E-state index contributed by atoms with van der Waals surface area (Å²) in [5, 5.41) is 9.44. The number of hydrogen-bond donors (Lipinski definition) is 0. The van der Waals surface area contributed by atoms with Crippen LogP contribution in [0, 0.1) is 0 Å². The van der Waals surface area contributed by atoms with Crippen molar-refractivity contribution in [1.82, 2.24) is 4.57 Å². The fourth-order valence-electron chi connectivity index (χ4n) is 9.37. The minimum atomic E-state index is 0.865. The van der Waals surface area contributed by atoms with Gasteiger partial charge in [-0.1, -0.05) is 164 Å². The van der Waals surface area contributed by atoms with E-state index in [0.717, 1.165) is 66.8 Å². The molecule has 0 bridgehead atoms. The smallest absolute Gasteiger partial charge is 0.145 e. The van der Waals surface area contributed by atoms with Crippen molar-refractivity contribution in [3.63, 3.8) is 0 Å². The van der Waals surface area contributed by atoms with E-state index in [1.807, 2.05) is 0 Å². The van der Waals surface area contributed by atoms with Crippen LogP contribution in [0.2, 0.25) is 0 Å². The van der Waals surface area contributed by atoms with Gasteiger partial charge in [-0.3, -0.25) is 0 Å². The van der Waals surface area contributed by atoms with Crippen molar-refractivity contribution in [2.75, 3.05) is 4.90 Å². The molecule has 0 saturated heterocycles. The van der Waals surface area contributed by atoms with Crippen LogP contribution in [0.25, 0.3) is 93.2 Å². The maximum Gasteiger partial charge on any atom is 0.145 e. The quantitative estimate of drug-likeness (QED) is 0.169. The van der Waals surface area contributed by atoms with Gasteiger partial charge in [-0.2, -0.15) is 0 Å². The van der Waals surface area contributed by atoms with Crippen molar-refractivity contribution >= 4 is 82.4 Å². The Morgan fingerprint density at radius 3 is 1.78 bits per heavy atom. The maximum atomic E-state index is 6.85. The van der Waals surface area contributed by atoms with E-state index in [-0.39, 0.29) is 0 Å². The lowest BCUT2D eigenvalue weighted by molar-refractivity contribution is 0.670. The molecule has 0 aliphatic carbocycles. The van der Waals surface area contributed by atoms with E-state index in [9.17, 15) is 0 Å². The molecule has 0 radical (unpaired) electrons. The SMILES string of the molecule is c1ccc(-c2ccc(N(c3ccc(-c4cccc5ccccc45)cc3)c3cccc4c3c3ccccc3n4-c3cccc4ccccc34)c3c2oc2ccccc23)cc1. The van der Waals surface area contributed by atoms with Gasteiger partial charge in [0.05, 0.1) is 33.5 Å². The predicted octanol–water partition coefficient (Wildman–Crippen LogP) is 15.8. The molecule has 276 valence electrons. The molecule has 0 aliphatic rings. The molecule has 59 heavy (non-hydrogen) atoms. The lowest BCUT2D eigenvalue weighted by Gasteiger charge is -2.28. The summed E-state index contributed by atoms with van der Waals surface area (Å²) in [7, 11) is 0. The van der Waals surface area contributed by atoms with Crippen molar-refractivity contribution in [2.45, 2.75) is 0 Å². The summed E-state index contributed by atoms with van der Waals surface area (Å²) in [6.45, 7) is 0. The van der Waals surface area contributed by atoms with E-state index in [1.165, 1.54) is 43.4 Å². The van der Waals surface area contributed by atoms with Gasteiger partial charge in [0.25, 0.3) is 0 Å². The number of fused-ring (bicyclic) bond motifs is 8. The second-order valence-corrected chi connectivity index (χ2v) is 15.2. The number of benzene rings is 10. The number of aromatic nitrogens is 1. The van der Waals surface area contributed by atoms with E-state index < -0.39 is 0 Å². The molecule has 0 amide bonds. The Kier molecular flexibility index (Phi) is 7.54. The first kappa shape index (κ1) is 33.3. The average molecular weight is 753 g/mol. The highest BCUT2D eigenvalue weighted by Crippen LogP contribution is 2.49. The first-order valence-corrected chi connectivity index (χ1v) is 20.2. The molecule has 0 saturated carbocycles. The molecule has 0 aliphatic heterocycles. The molecule has 3 nitrogen and oxygen atoms in total. The average Bonchev–Trinajstić information content (AvgIpc) is 3.86. The summed E-state index contributed by atoms with van der Waals surface area (Å²) in [5.41, 5.74) is 13.0. The van der Waals surface area contributed by atoms with Crippen LogP contribution in [0.15, 0.2) is 223 Å². The number of para-hydroxylation sites is 2. The zero-order valence-corrected chi connectivity index (χ0v) is 32.1. The van der Waals surface area contributed by atoms with Crippen LogP contribution < -0.4 is 4.90 Å². The van der Waals surface area contributed by atoms with Crippen molar-refractivity contribution < 1.29 is 4.42 Å². The number of furan rings is 1. The van der Waals surface area contributed by atoms with Gasteiger partial charge in [-0.05, 0) is 87.4 Å². The molecule has 0 fully saturated rings. The Hall–Kier alpha value is -7.88. The largest absolute Gasteiger partial charge is 0.455 e. The number of anilines is 3. The van der Waals surface area contributed by atoms with Crippen LogP contribution in [0.5, 0.6) is 0 Å². The van der Waals surface area contributed by atoms with Crippen LogP contribution in [-0.2, 0) is 0 Å². The Bertz CT molecular complexity index is 3550. The highest BCUT2D eigenvalue weighted by Gasteiger charge is 2.26. The third-order valence-corrected chi connectivity index (χ3v) is 12.0. The lowest BCUT2D eigenvalue weighted by atomic mass is 9.97. The van der Waals surface area contributed by atoms with Crippen molar-refractivity contribution in [3.8, 4) is 27.9 Å². The molecule has 0 unspecified atom stereocenters. The normalized spacial score (nSPS) is 11.7. The first-order chi connectivity index (χ1) is 29.3. The molecule has 0 N–H and O–H groups in total. The number of hydrogen-bond acceptors (Lipinski definition) is 2. The lowest BCUT2D eigenvalue weighted by Crippen LogP contribution is -2.11. The van der Waals surface area contributed by atoms with Gasteiger partial charge < -0.3 is 13.9 Å². The Morgan fingerprint density at radius 1 is 0.356 bits per heavy atom. The van der Waals surface area contributed by atoms with E-state index in [2.05, 4.69) is 228 Å². The van der Waals surface area contributed by atoms with Crippen LogP contribution in [0.1, 0.15) is 0 Å². The van der Waals surface area contributed by atoms with Gasteiger partial charge in [-0.15, -0.1) is 0 Å². The van der Waals surface area contributed by atoms with Crippen LogP contribution >= 0.6 is 0 Å². The standard InChI is InChI=1S/C56H36N2O/c1-2-15-39(16-3-1)45-35-36-52(55-47-24-9-11-30-53(47)59-56(45)55)57(41-33-31-40(32-34-41)43-25-12-19-37-17-4-6-21-42(37)43)50-28-14-29-51-54(50)46-23-8-10-26-49(46)58(51)48-27-13-20-38-18-5-7-22-44(38)48/h1-36H. The predicted molar refractivity (Wildman–Crippen MR) is 249 cm³/mol. The summed E-state index contributed by atoms with van der Waals surface area (Å²) in [6, 6.07) is 78.7. The van der Waals surface area contributed by atoms with Crippen molar-refractivity contribution in [3.05, 3.63) is 218 Å². The molecular formula is C56H36N2O. The minimum Gasteiger partial charge on any atom is -0.455 e. The Labute approximate surface area is 341 Å². The summed E-state index contributed by atoms with van der Waals surface area (Å²) in [4.78, 5) is 2.45. The molecule has 2 heterocycles. The fraction of sp³-hybridized carbons (Fsp3) is 0. The van der Waals surface area contributed by atoms with Crippen LogP contribution in [0.3, 0.4) is 0 Å². The molecule has 0 atom stereocenters. The highest BCUT2D eigenvalue weighted by molar-refractivity contribution is 6.21. The topological polar surface area (TPSA) is 21.3 Å². The second kappa shape index (κ2) is 13.4. The van der Waals surface area contributed by atoms with Crippen LogP contribution in [-0.4, -0.2) is 4.57 Å². The summed E-state index contributed by atoms with van der Waals surface area (Å²) < 4.78 is 9.29. The van der Waals surface area contributed by atoms with Gasteiger partial charge in [0, 0.05) is 32.8 Å². The molecular weight excluding hydrogens is 717 g/mol. The number of rotatable bonds is 6. The first-order valence-electron chi connectivity index (χ1n) is 20.2. The Balaban J connectivity index is 1.17. The highest BCUT2D eigenvalue weighted by atomic mass is 16.3. The summed E-state index contributed by atoms with van der Waals surface area (Å²) >= 11 is 0. The summed E-state index contributed by atoms with van der Waals surface area (Å²) in [6.07, 6.45) is 0. The minimum absolute atomic E-state index is 0.865. The molecule has 12 aromatic rings. The van der Waals surface area contributed by atoms with Gasteiger partial charge in [0.2, 0.25) is 0 Å². The molecule has 10 aromatic carbocycles. The number of nitrogens with zero attached hydrogens (tertiary/aromatic N) is 2. The van der Waals surface area contributed by atoms with E-state index in [4.69, 9.17) is 4.42 Å². The molecule has 12 rings (SSSR count). The third kappa shape index (κ3) is 5.22. The molecule has 0 spiro atoms.